The summed E-state index contributed by atoms with van der Waals surface area (Å²) in [5, 5.41) is 12.0. The van der Waals surface area contributed by atoms with Gasteiger partial charge in [-0.1, -0.05) is 103 Å². The number of likely N-dealkylation sites (N-methyl/N-ethyl adjacent to an activating group) is 1. The van der Waals surface area contributed by atoms with Crippen molar-refractivity contribution in [2.75, 3.05) is 29.9 Å². The molecule has 0 aliphatic heterocycles. The second-order valence-electron chi connectivity index (χ2n) is 15.1. The number of hydrogen-bond donors (Lipinski definition) is 0. The van der Waals surface area contributed by atoms with Crippen LogP contribution in [0.25, 0.3) is 16.7 Å². The van der Waals surface area contributed by atoms with Gasteiger partial charge in [0.1, 0.15) is 17.6 Å². The maximum absolute atomic E-state index is 11.0. The van der Waals surface area contributed by atoms with Gasteiger partial charge >= 0.3 is 0 Å². The van der Waals surface area contributed by atoms with Gasteiger partial charge in [0.15, 0.2) is 0 Å². The van der Waals surface area contributed by atoms with E-state index in [0.29, 0.717) is 5.56 Å². The van der Waals surface area contributed by atoms with E-state index in [1.165, 1.54) is 39.2 Å². The molecule has 0 fully saturated rings. The first-order chi connectivity index (χ1) is 27.7. The predicted molar refractivity (Wildman–Crippen MR) is 245 cm³/mol. The van der Waals surface area contributed by atoms with Crippen LogP contribution in [0.2, 0.25) is 0 Å². The minimum Gasteiger partial charge on any atom is -0.365 e. The van der Waals surface area contributed by atoms with E-state index in [1.807, 2.05) is 6.07 Å². The summed E-state index contributed by atoms with van der Waals surface area (Å²) in [6.45, 7) is 17.2. The largest absolute Gasteiger partial charge is 0.365 e. The van der Waals surface area contributed by atoms with E-state index >= 15 is 0 Å². The van der Waals surface area contributed by atoms with Gasteiger partial charge in [-0.2, -0.15) is 9.84 Å². The van der Waals surface area contributed by atoms with Crippen molar-refractivity contribution in [1.82, 2.24) is 0 Å². The van der Waals surface area contributed by atoms with Crippen LogP contribution < -0.4 is 9.80 Å². The van der Waals surface area contributed by atoms with Crippen LogP contribution in [0, 0.1) is 45.9 Å². The molecule has 1 atom stereocenters. The van der Waals surface area contributed by atoms with Crippen molar-refractivity contribution in [3.05, 3.63) is 183 Å². The summed E-state index contributed by atoms with van der Waals surface area (Å²) >= 11 is 1.71. The minimum absolute atomic E-state index is 0.229. The fourth-order valence-electron chi connectivity index (χ4n) is 8.65. The number of nitriles is 1. The maximum atomic E-state index is 11.0. The minimum atomic E-state index is 0.229. The van der Waals surface area contributed by atoms with E-state index in [4.69, 9.17) is 0 Å². The number of nitrogens with zero attached hydrogens (tertiary/aromatic N) is 4. The molecule has 57 heavy (non-hydrogen) atoms. The lowest BCUT2D eigenvalue weighted by molar-refractivity contribution is -0.435. The Morgan fingerprint density at radius 1 is 0.754 bits per heavy atom. The molecule has 0 spiro atoms. The molecule has 0 saturated carbocycles. The van der Waals surface area contributed by atoms with E-state index in [-0.39, 0.29) is 6.04 Å². The zero-order valence-corrected chi connectivity index (χ0v) is 35.4. The smallest absolute Gasteiger partial charge is 0.211 e. The van der Waals surface area contributed by atoms with Crippen LogP contribution >= 0.6 is 11.3 Å². The average Bonchev–Trinajstić information content (AvgIpc) is 3.61. The average molecular weight is 766 g/mol. The first-order valence-electron chi connectivity index (χ1n) is 20.1. The zero-order chi connectivity index (χ0) is 40.2. The number of hydrogen-bond acceptors (Lipinski definition) is 4. The summed E-state index contributed by atoms with van der Waals surface area (Å²) in [4.78, 5) is 5.84. The van der Waals surface area contributed by atoms with E-state index in [1.54, 1.807) is 11.3 Å². The fraction of sp³-hybridized carbons (Fsp3) is 0.231. The van der Waals surface area contributed by atoms with E-state index in [0.717, 1.165) is 68.6 Å². The second kappa shape index (κ2) is 17.0. The SMILES string of the molecule is CCN(c1c(C)cccc1C)C1C=CC(C(=C2C=CC(=[N+](CC)c3c(C)cccc3C)C=C2)c2sc(N(C)c3ccccc3C)c(C#N)c2-c2ccccc2)=CC1. The third-order valence-electron chi connectivity index (χ3n) is 11.4. The van der Waals surface area contributed by atoms with Gasteiger partial charge in [-0.25, -0.2) is 0 Å². The summed E-state index contributed by atoms with van der Waals surface area (Å²) in [5.41, 5.74) is 17.3. The molecule has 5 aromatic rings. The highest BCUT2D eigenvalue weighted by molar-refractivity contribution is 7.18. The number of thiophene rings is 1. The third-order valence-corrected chi connectivity index (χ3v) is 12.7. The topological polar surface area (TPSA) is 33.3 Å². The Morgan fingerprint density at radius 3 is 1.95 bits per heavy atom. The molecule has 0 amide bonds. The highest BCUT2D eigenvalue weighted by Crippen LogP contribution is 2.50. The monoisotopic (exact) mass is 765 g/mol. The molecule has 5 heteroatoms. The van der Waals surface area contributed by atoms with Crippen LogP contribution in [0.4, 0.5) is 22.1 Å². The molecule has 1 heterocycles. The normalized spacial score (nSPS) is 14.7. The summed E-state index contributed by atoms with van der Waals surface area (Å²) in [7, 11) is 2.09. The molecule has 7 rings (SSSR count). The van der Waals surface area contributed by atoms with Crippen molar-refractivity contribution in [1.29, 1.82) is 5.26 Å². The Bertz CT molecular complexity index is 2490. The van der Waals surface area contributed by atoms with Crippen molar-refractivity contribution < 1.29 is 4.58 Å². The second-order valence-corrected chi connectivity index (χ2v) is 16.1. The zero-order valence-electron chi connectivity index (χ0n) is 34.6. The Labute approximate surface area is 344 Å². The van der Waals surface area contributed by atoms with Gasteiger partial charge in [-0.05, 0) is 107 Å². The van der Waals surface area contributed by atoms with Gasteiger partial charge in [0.2, 0.25) is 11.4 Å². The van der Waals surface area contributed by atoms with Gasteiger partial charge in [-0.15, -0.1) is 11.3 Å². The first-order valence-corrected chi connectivity index (χ1v) is 20.9. The van der Waals surface area contributed by atoms with Gasteiger partial charge < -0.3 is 9.80 Å². The summed E-state index contributed by atoms with van der Waals surface area (Å²) in [5.74, 6) is 0. The van der Waals surface area contributed by atoms with Crippen LogP contribution in [0.5, 0.6) is 0 Å². The van der Waals surface area contributed by atoms with Gasteiger partial charge in [0, 0.05) is 64.3 Å². The summed E-state index contributed by atoms with van der Waals surface area (Å²) in [6.07, 6.45) is 17.1. The highest BCUT2D eigenvalue weighted by Gasteiger charge is 2.30. The molecule has 4 aromatic carbocycles. The number of rotatable bonds is 10. The lowest BCUT2D eigenvalue weighted by atomic mass is 9.87. The van der Waals surface area contributed by atoms with E-state index in [9.17, 15) is 5.26 Å². The van der Waals surface area contributed by atoms with Gasteiger partial charge in [-0.3, -0.25) is 0 Å². The van der Waals surface area contributed by atoms with Crippen molar-refractivity contribution in [2.24, 2.45) is 0 Å². The van der Waals surface area contributed by atoms with Gasteiger partial charge in [0.05, 0.1) is 11.6 Å². The van der Waals surface area contributed by atoms with Crippen molar-refractivity contribution in [3.8, 4) is 17.2 Å². The Balaban J connectivity index is 1.43. The number of anilines is 3. The highest BCUT2D eigenvalue weighted by atomic mass is 32.1. The molecule has 0 bridgehead atoms. The predicted octanol–water partition coefficient (Wildman–Crippen LogP) is 13.1. The Morgan fingerprint density at radius 2 is 1.37 bits per heavy atom. The lowest BCUT2D eigenvalue weighted by Gasteiger charge is -2.34. The van der Waals surface area contributed by atoms with E-state index < -0.39 is 0 Å². The third kappa shape index (κ3) is 7.63. The molecule has 2 aliphatic rings. The molecule has 1 unspecified atom stereocenters. The van der Waals surface area contributed by atoms with Crippen LogP contribution in [-0.2, 0) is 0 Å². The van der Waals surface area contributed by atoms with E-state index in [2.05, 4.69) is 203 Å². The molecule has 286 valence electrons. The molecule has 0 N–H and O–H groups in total. The summed E-state index contributed by atoms with van der Waals surface area (Å²) < 4.78 is 2.41. The Kier molecular flexibility index (Phi) is 11.7. The van der Waals surface area contributed by atoms with Gasteiger partial charge in [0.25, 0.3) is 0 Å². The van der Waals surface area contributed by atoms with Crippen LogP contribution in [0.3, 0.4) is 0 Å². The molecule has 0 saturated heterocycles. The van der Waals surface area contributed by atoms with Crippen molar-refractivity contribution in [2.45, 2.75) is 60.9 Å². The number of aryl methyl sites for hydroxylation is 5. The fourth-order valence-corrected chi connectivity index (χ4v) is 9.98. The van der Waals surface area contributed by atoms with Crippen LogP contribution in [-0.4, -0.2) is 36.5 Å². The molecule has 2 aliphatic carbocycles. The first kappa shape index (κ1) is 39.3. The van der Waals surface area contributed by atoms with Crippen molar-refractivity contribution >= 4 is 44.7 Å². The molecule has 0 radical (unpaired) electrons. The number of para-hydroxylation sites is 3. The van der Waals surface area contributed by atoms with Crippen LogP contribution in [0.15, 0.2) is 145 Å². The molecule has 1 aromatic heterocycles. The standard InChI is InChI=1S/C52H53N4S/c1-9-55(49-36(4)19-16-20-37(49)5)43-30-26-41(27-31-43)47(42-28-32-44(33-29-42)56(10-2)50-38(6)21-17-22-39(50)7)51-48(40-23-12-11-13-24-40)45(34-53)52(57-51)54(8)46-25-15-14-18-35(46)3/h11-32,44H,9-10,33H2,1-8H3/q+1. The lowest BCUT2D eigenvalue weighted by Crippen LogP contribution is -2.35. The Hall–Kier alpha value is -5.96. The number of benzene rings is 4. The van der Waals surface area contributed by atoms with Crippen LogP contribution in [0.1, 0.15) is 58.5 Å². The molecule has 4 nitrogen and oxygen atoms in total. The molecular weight excluding hydrogens is 713 g/mol. The molecular formula is C52H53N4S+. The quantitative estimate of drug-likeness (QED) is 0.133. The number of allylic oxidation sites excluding steroid dienone is 8. The summed E-state index contributed by atoms with van der Waals surface area (Å²) in [6, 6.07) is 34.9. The van der Waals surface area contributed by atoms with Crippen molar-refractivity contribution in [3.63, 3.8) is 0 Å². The maximum Gasteiger partial charge on any atom is 0.211 e.